The molecule has 0 bridgehead atoms. The predicted octanol–water partition coefficient (Wildman–Crippen LogP) is 2.74. The van der Waals surface area contributed by atoms with Crippen molar-refractivity contribution < 1.29 is 24.2 Å². The molecule has 2 aromatic rings. The van der Waals surface area contributed by atoms with Crippen LogP contribution in [0.4, 0.5) is 5.69 Å². The minimum Gasteiger partial charge on any atom is -0.494 e. The number of aromatic carboxylic acids is 1. The molecule has 0 aliphatic carbocycles. The number of anilines is 1. The fourth-order valence-electron chi connectivity index (χ4n) is 2.93. The summed E-state index contributed by atoms with van der Waals surface area (Å²) in [5.41, 5.74) is 2.95. The lowest BCUT2D eigenvalue weighted by molar-refractivity contribution is -0.121. The SMILES string of the molecule is O=C(CCCOc1ccc2c(c1)CCC(=O)N2)NCc1ccc(C(=O)O)cc1. The minimum atomic E-state index is -0.973. The molecule has 1 aliphatic rings. The summed E-state index contributed by atoms with van der Waals surface area (Å²) in [6.07, 6.45) is 2.11. The summed E-state index contributed by atoms with van der Waals surface area (Å²) in [6, 6.07) is 12.0. The summed E-state index contributed by atoms with van der Waals surface area (Å²) in [7, 11) is 0. The maximum atomic E-state index is 11.9. The molecule has 0 aromatic heterocycles. The van der Waals surface area contributed by atoms with E-state index in [2.05, 4.69) is 10.6 Å². The molecule has 28 heavy (non-hydrogen) atoms. The molecule has 2 amide bonds. The molecule has 146 valence electrons. The Morgan fingerprint density at radius 2 is 1.89 bits per heavy atom. The first-order valence-electron chi connectivity index (χ1n) is 9.16. The van der Waals surface area contributed by atoms with Crippen molar-refractivity contribution in [1.29, 1.82) is 0 Å². The van der Waals surface area contributed by atoms with Crippen molar-refractivity contribution in [3.05, 3.63) is 59.2 Å². The van der Waals surface area contributed by atoms with Crippen molar-refractivity contribution in [2.45, 2.75) is 32.2 Å². The van der Waals surface area contributed by atoms with Crippen LogP contribution in [-0.4, -0.2) is 29.5 Å². The first kappa shape index (κ1) is 19.4. The van der Waals surface area contributed by atoms with E-state index in [0.717, 1.165) is 22.6 Å². The quantitative estimate of drug-likeness (QED) is 0.609. The molecule has 2 aromatic carbocycles. The molecule has 3 rings (SSSR count). The molecule has 7 heteroatoms. The van der Waals surface area contributed by atoms with Crippen LogP contribution in [0.25, 0.3) is 0 Å². The summed E-state index contributed by atoms with van der Waals surface area (Å²) < 4.78 is 5.70. The molecule has 0 radical (unpaired) electrons. The summed E-state index contributed by atoms with van der Waals surface area (Å²) in [5, 5.41) is 14.5. The van der Waals surface area contributed by atoms with Gasteiger partial charge in [0.25, 0.3) is 0 Å². The highest BCUT2D eigenvalue weighted by Crippen LogP contribution is 2.26. The van der Waals surface area contributed by atoms with Crippen molar-refractivity contribution in [2.75, 3.05) is 11.9 Å². The number of hydrogen-bond donors (Lipinski definition) is 3. The van der Waals surface area contributed by atoms with Crippen LogP contribution in [0.1, 0.15) is 40.7 Å². The number of carboxylic acid groups (broad SMARTS) is 1. The number of hydrogen-bond acceptors (Lipinski definition) is 4. The van der Waals surface area contributed by atoms with Crippen LogP contribution in [0.2, 0.25) is 0 Å². The third kappa shape index (κ3) is 5.33. The Labute approximate surface area is 162 Å². The fraction of sp³-hybridized carbons (Fsp3) is 0.286. The zero-order chi connectivity index (χ0) is 19.9. The van der Waals surface area contributed by atoms with Crippen LogP contribution >= 0.6 is 0 Å². The number of carboxylic acids is 1. The maximum absolute atomic E-state index is 11.9. The summed E-state index contributed by atoms with van der Waals surface area (Å²) in [6.45, 7) is 0.780. The number of nitrogens with one attached hydrogen (secondary N) is 2. The average Bonchev–Trinajstić information content (AvgIpc) is 2.70. The lowest BCUT2D eigenvalue weighted by Gasteiger charge is -2.17. The van der Waals surface area contributed by atoms with E-state index < -0.39 is 5.97 Å². The number of carbonyl (C=O) groups excluding carboxylic acids is 2. The number of ether oxygens (including phenoxy) is 1. The summed E-state index contributed by atoms with van der Waals surface area (Å²) in [4.78, 5) is 34.1. The van der Waals surface area contributed by atoms with Gasteiger partial charge >= 0.3 is 5.97 Å². The van der Waals surface area contributed by atoms with Crippen molar-refractivity contribution in [2.24, 2.45) is 0 Å². The van der Waals surface area contributed by atoms with Gasteiger partial charge in [-0.2, -0.15) is 0 Å². The van der Waals surface area contributed by atoms with E-state index in [-0.39, 0.29) is 17.4 Å². The smallest absolute Gasteiger partial charge is 0.335 e. The van der Waals surface area contributed by atoms with Crippen molar-refractivity contribution in [3.63, 3.8) is 0 Å². The van der Waals surface area contributed by atoms with E-state index in [1.807, 2.05) is 18.2 Å². The first-order valence-corrected chi connectivity index (χ1v) is 9.16. The molecular weight excluding hydrogens is 360 g/mol. The molecule has 0 saturated heterocycles. The number of rotatable bonds is 8. The average molecular weight is 382 g/mol. The van der Waals surface area contributed by atoms with Crippen molar-refractivity contribution >= 4 is 23.5 Å². The van der Waals surface area contributed by atoms with Crippen LogP contribution in [0.3, 0.4) is 0 Å². The number of aryl methyl sites for hydroxylation is 1. The predicted molar refractivity (Wildman–Crippen MR) is 103 cm³/mol. The monoisotopic (exact) mass is 382 g/mol. The molecule has 0 saturated carbocycles. The van der Waals surface area contributed by atoms with Gasteiger partial charge in [-0.15, -0.1) is 0 Å². The second-order valence-electron chi connectivity index (χ2n) is 6.60. The largest absolute Gasteiger partial charge is 0.494 e. The van der Waals surface area contributed by atoms with E-state index in [4.69, 9.17) is 9.84 Å². The van der Waals surface area contributed by atoms with Gasteiger partial charge in [-0.05, 0) is 54.3 Å². The van der Waals surface area contributed by atoms with E-state index in [9.17, 15) is 14.4 Å². The molecule has 1 aliphatic heterocycles. The van der Waals surface area contributed by atoms with E-state index in [0.29, 0.717) is 38.8 Å². The third-order valence-electron chi connectivity index (χ3n) is 4.48. The number of carbonyl (C=O) groups is 3. The van der Waals surface area contributed by atoms with Crippen LogP contribution in [0.15, 0.2) is 42.5 Å². The van der Waals surface area contributed by atoms with E-state index in [1.165, 1.54) is 12.1 Å². The fourth-order valence-corrected chi connectivity index (χ4v) is 2.93. The second-order valence-corrected chi connectivity index (χ2v) is 6.60. The summed E-state index contributed by atoms with van der Waals surface area (Å²) in [5.74, 6) is -0.294. The molecule has 0 atom stereocenters. The maximum Gasteiger partial charge on any atom is 0.335 e. The molecule has 0 fully saturated rings. The zero-order valence-electron chi connectivity index (χ0n) is 15.4. The van der Waals surface area contributed by atoms with Gasteiger partial charge in [0, 0.05) is 25.1 Å². The standard InChI is InChI=1S/C21H22N2O5/c24-19(22-13-14-3-5-15(6-4-14)21(26)27)2-1-11-28-17-8-9-18-16(12-17)7-10-20(25)23-18/h3-6,8-9,12H,1-2,7,10-11,13H2,(H,22,24)(H,23,25)(H,26,27). The Morgan fingerprint density at radius 3 is 2.64 bits per heavy atom. The van der Waals surface area contributed by atoms with Gasteiger partial charge in [0.1, 0.15) is 5.75 Å². The van der Waals surface area contributed by atoms with Gasteiger partial charge in [0.05, 0.1) is 12.2 Å². The van der Waals surface area contributed by atoms with E-state index >= 15 is 0 Å². The lowest BCUT2D eigenvalue weighted by Crippen LogP contribution is -2.23. The Hall–Kier alpha value is -3.35. The highest BCUT2D eigenvalue weighted by Gasteiger charge is 2.15. The minimum absolute atomic E-state index is 0.0324. The Bertz CT molecular complexity index is 877. The van der Waals surface area contributed by atoms with Gasteiger partial charge in [0.2, 0.25) is 11.8 Å². The topological polar surface area (TPSA) is 105 Å². The Kier molecular flexibility index (Phi) is 6.26. The molecule has 0 spiro atoms. The summed E-state index contributed by atoms with van der Waals surface area (Å²) >= 11 is 0. The van der Waals surface area contributed by atoms with Crippen LogP contribution < -0.4 is 15.4 Å². The number of fused-ring (bicyclic) bond motifs is 1. The molecule has 3 N–H and O–H groups in total. The van der Waals surface area contributed by atoms with Gasteiger partial charge in [-0.3, -0.25) is 9.59 Å². The Balaban J connectivity index is 1.36. The molecule has 1 heterocycles. The lowest BCUT2D eigenvalue weighted by atomic mass is 10.0. The van der Waals surface area contributed by atoms with Gasteiger partial charge in [-0.25, -0.2) is 4.79 Å². The zero-order valence-corrected chi connectivity index (χ0v) is 15.4. The van der Waals surface area contributed by atoms with Gasteiger partial charge in [-0.1, -0.05) is 12.1 Å². The van der Waals surface area contributed by atoms with Crippen molar-refractivity contribution in [3.8, 4) is 5.75 Å². The van der Waals surface area contributed by atoms with Crippen LogP contribution in [0.5, 0.6) is 5.75 Å². The van der Waals surface area contributed by atoms with Crippen LogP contribution in [0, 0.1) is 0 Å². The van der Waals surface area contributed by atoms with Gasteiger partial charge in [0.15, 0.2) is 0 Å². The Morgan fingerprint density at radius 1 is 1.11 bits per heavy atom. The molecule has 0 unspecified atom stereocenters. The normalized spacial score (nSPS) is 12.6. The first-order chi connectivity index (χ1) is 13.5. The van der Waals surface area contributed by atoms with Crippen molar-refractivity contribution in [1.82, 2.24) is 5.32 Å². The molecule has 7 nitrogen and oxygen atoms in total. The van der Waals surface area contributed by atoms with Crippen LogP contribution in [-0.2, 0) is 22.6 Å². The number of benzene rings is 2. The molecular formula is C21H22N2O5. The highest BCUT2D eigenvalue weighted by atomic mass is 16.5. The highest BCUT2D eigenvalue weighted by molar-refractivity contribution is 5.94. The third-order valence-corrected chi connectivity index (χ3v) is 4.48. The second kappa shape index (κ2) is 9.03. The van der Waals surface area contributed by atoms with Gasteiger partial charge < -0.3 is 20.5 Å². The van der Waals surface area contributed by atoms with E-state index in [1.54, 1.807) is 12.1 Å². The number of amides is 2.